The normalized spacial score (nSPS) is 19.0. The summed E-state index contributed by atoms with van der Waals surface area (Å²) in [7, 11) is 0. The Morgan fingerprint density at radius 3 is 1.58 bits per heavy atom. The Morgan fingerprint density at radius 1 is 0.375 bits per heavy atom. The number of aromatic nitrogens is 3. The maximum absolute atomic E-state index is 9.42. The molecule has 0 aliphatic carbocycles. The monoisotopic (exact) mass is 640 g/mol. The molecular formula is C43H25N3O2. The SMILES string of the molecule is [2H]c1c([2H])c(-c2c([2H])c([2H])c([2H])c3oc4c([2H])c([2H])c([2H])c([2H])c4c23)c([2H])c([2H])c1-c1nc(-c2c([2H])c([2H])c3c([2H])c([2H])c([2H])c([2H])c3c2[2H])nc(-c2c([2H])c([2H])c([2H])c3oc4c([2H])c([2H])c([2H])c([2H])c4c23)n1. The minimum atomic E-state index is -1.02. The van der Waals surface area contributed by atoms with Crippen LogP contribution in [0.2, 0.25) is 0 Å². The van der Waals surface area contributed by atoms with E-state index in [0.717, 1.165) is 0 Å². The van der Waals surface area contributed by atoms with E-state index >= 15 is 0 Å². The molecule has 0 radical (unpaired) electrons. The molecule has 0 spiro atoms. The molecule has 5 heteroatoms. The van der Waals surface area contributed by atoms with Crippen molar-refractivity contribution in [1.82, 2.24) is 15.0 Å². The van der Waals surface area contributed by atoms with Gasteiger partial charge in [0.15, 0.2) is 17.5 Å². The van der Waals surface area contributed by atoms with E-state index in [-0.39, 0.29) is 0 Å². The Hall–Kier alpha value is -6.59. The van der Waals surface area contributed by atoms with Crippen LogP contribution in [-0.4, -0.2) is 15.0 Å². The van der Waals surface area contributed by atoms with Crippen LogP contribution in [0, 0.1) is 0 Å². The first kappa shape index (κ1) is 11.9. The number of hydrogen-bond donors (Lipinski definition) is 0. The first-order valence-corrected chi connectivity index (χ1v) is 13.9. The molecule has 0 atom stereocenters. The zero-order chi connectivity index (χ0) is 53.4. The topological polar surface area (TPSA) is 65.0 Å². The van der Waals surface area contributed by atoms with Crippen LogP contribution in [0.5, 0.6) is 0 Å². The van der Waals surface area contributed by atoms with Gasteiger partial charge in [0.1, 0.15) is 22.3 Å². The van der Waals surface area contributed by atoms with Gasteiger partial charge in [0, 0.05) is 38.2 Å². The van der Waals surface area contributed by atoms with Crippen LogP contribution >= 0.6 is 0 Å². The number of benzene rings is 7. The minimum Gasteiger partial charge on any atom is -0.456 e. The predicted octanol–water partition coefficient (Wildman–Crippen LogP) is 11.5. The molecule has 0 unspecified atom stereocenters. The van der Waals surface area contributed by atoms with Gasteiger partial charge in [-0.3, -0.25) is 0 Å². The van der Waals surface area contributed by atoms with Crippen molar-refractivity contribution in [3.8, 4) is 45.3 Å². The fraction of sp³-hybridized carbons (Fsp3) is 0. The molecule has 3 aromatic heterocycles. The third kappa shape index (κ3) is 4.22. The standard InChI is InChI=1S/C43H25N3O2/c1-2-10-29-25-30(24-19-26(29)9-1)42-44-41(45-43(46-42)34-14-8-18-38-40(34)33-12-4-6-16-36(33)48-38)28-22-20-27(21-23-28)31-13-7-17-37-39(31)32-11-3-5-15-35(32)47-37/h1-25H/i1D,2D,3D,4D,5D,6D,7D,8D,9D,10D,11D,12D,13D,14D,15D,16D,17D,18D,19D,20D,21D,22D,23D,24D,25D. The van der Waals surface area contributed by atoms with E-state index in [4.69, 9.17) is 34.9 Å². The number of fused-ring (bicyclic) bond motifs is 7. The van der Waals surface area contributed by atoms with Gasteiger partial charge in [0.2, 0.25) is 0 Å². The lowest BCUT2D eigenvalue weighted by Gasteiger charge is -2.10. The minimum absolute atomic E-state index is 0.404. The summed E-state index contributed by atoms with van der Waals surface area (Å²) in [5, 5.41) is -2.79. The first-order valence-electron chi connectivity index (χ1n) is 26.4. The second kappa shape index (κ2) is 10.5. The largest absolute Gasteiger partial charge is 0.456 e. The van der Waals surface area contributed by atoms with Gasteiger partial charge in [-0.1, -0.05) is 121 Å². The number of furan rings is 2. The summed E-state index contributed by atoms with van der Waals surface area (Å²) in [4.78, 5) is 13.2. The Labute approximate surface area is 309 Å². The van der Waals surface area contributed by atoms with Crippen LogP contribution in [0.3, 0.4) is 0 Å². The van der Waals surface area contributed by atoms with Gasteiger partial charge < -0.3 is 8.83 Å². The van der Waals surface area contributed by atoms with Gasteiger partial charge in [0.25, 0.3) is 0 Å². The molecule has 0 saturated heterocycles. The Kier molecular flexibility index (Phi) is 2.59. The van der Waals surface area contributed by atoms with Crippen LogP contribution in [0.15, 0.2) is 160 Å². The number of para-hydroxylation sites is 2. The van der Waals surface area contributed by atoms with Crippen LogP contribution in [0.1, 0.15) is 34.3 Å². The maximum atomic E-state index is 9.42. The van der Waals surface area contributed by atoms with Gasteiger partial charge in [-0.05, 0) is 52.1 Å². The Bertz CT molecular complexity index is 4250. The molecule has 224 valence electrons. The first-order chi connectivity index (χ1) is 34.2. The highest BCUT2D eigenvalue weighted by Crippen LogP contribution is 2.39. The molecule has 7 aromatic carbocycles. The van der Waals surface area contributed by atoms with E-state index < -0.39 is 251 Å². The molecular weight excluding hydrogens is 590 g/mol. The third-order valence-electron chi connectivity index (χ3n) is 7.33. The van der Waals surface area contributed by atoms with Gasteiger partial charge in [-0.2, -0.15) is 0 Å². The van der Waals surface area contributed by atoms with Crippen molar-refractivity contribution in [3.63, 3.8) is 0 Å². The van der Waals surface area contributed by atoms with Crippen molar-refractivity contribution >= 4 is 54.6 Å². The van der Waals surface area contributed by atoms with Gasteiger partial charge in [-0.15, -0.1) is 0 Å². The Morgan fingerprint density at radius 2 is 0.875 bits per heavy atom. The quantitative estimate of drug-likeness (QED) is 0.191. The number of hydrogen-bond acceptors (Lipinski definition) is 5. The van der Waals surface area contributed by atoms with Crippen LogP contribution in [0.25, 0.3) is 99.9 Å². The molecule has 0 bridgehead atoms. The zero-order valence-electron chi connectivity index (χ0n) is 48.7. The van der Waals surface area contributed by atoms with Crippen molar-refractivity contribution in [3.05, 3.63) is 151 Å². The molecule has 48 heavy (non-hydrogen) atoms. The summed E-state index contributed by atoms with van der Waals surface area (Å²) in [5.74, 6) is -2.49. The second-order valence-electron chi connectivity index (χ2n) is 10.1. The van der Waals surface area contributed by atoms with Crippen molar-refractivity contribution < 1.29 is 43.1 Å². The van der Waals surface area contributed by atoms with E-state index in [2.05, 4.69) is 15.0 Å². The number of nitrogens with zero attached hydrogens (tertiary/aromatic N) is 3. The summed E-state index contributed by atoms with van der Waals surface area (Å²) < 4.78 is 231. The summed E-state index contributed by atoms with van der Waals surface area (Å²) in [6.45, 7) is 0. The molecule has 0 aliphatic rings. The molecule has 0 N–H and O–H groups in total. The van der Waals surface area contributed by atoms with Crippen LogP contribution in [-0.2, 0) is 0 Å². The van der Waals surface area contributed by atoms with E-state index in [0.29, 0.717) is 0 Å². The molecule has 0 saturated carbocycles. The smallest absolute Gasteiger partial charge is 0.164 e. The van der Waals surface area contributed by atoms with E-state index in [9.17, 15) is 8.22 Å². The van der Waals surface area contributed by atoms with Gasteiger partial charge in [0.05, 0.1) is 34.3 Å². The predicted molar refractivity (Wildman–Crippen MR) is 194 cm³/mol. The Balaban J connectivity index is 1.37. The van der Waals surface area contributed by atoms with E-state index in [1.54, 1.807) is 0 Å². The lowest BCUT2D eigenvalue weighted by atomic mass is 9.98. The summed E-state index contributed by atoms with van der Waals surface area (Å²) in [6, 6.07) is -20.7. The van der Waals surface area contributed by atoms with Crippen molar-refractivity contribution in [2.75, 3.05) is 0 Å². The lowest BCUT2D eigenvalue weighted by Crippen LogP contribution is -2.00. The fourth-order valence-electron chi connectivity index (χ4n) is 5.23. The highest BCUT2D eigenvalue weighted by Gasteiger charge is 2.18. The van der Waals surface area contributed by atoms with Crippen LogP contribution in [0.4, 0.5) is 0 Å². The second-order valence-corrected chi connectivity index (χ2v) is 10.1. The summed E-state index contributed by atoms with van der Waals surface area (Å²) in [5.41, 5.74) is -5.61. The summed E-state index contributed by atoms with van der Waals surface area (Å²) in [6.07, 6.45) is 0. The zero-order valence-corrected chi connectivity index (χ0v) is 23.7. The molecule has 0 fully saturated rings. The van der Waals surface area contributed by atoms with Gasteiger partial charge >= 0.3 is 0 Å². The van der Waals surface area contributed by atoms with Crippen molar-refractivity contribution in [2.45, 2.75) is 0 Å². The van der Waals surface area contributed by atoms with E-state index in [1.807, 2.05) is 0 Å². The molecule has 3 heterocycles. The molecule has 5 nitrogen and oxygen atoms in total. The average Bonchev–Trinajstić information content (AvgIpc) is 3.96. The molecule has 10 rings (SSSR count). The maximum Gasteiger partial charge on any atom is 0.164 e. The molecule has 0 aliphatic heterocycles. The highest BCUT2D eigenvalue weighted by molar-refractivity contribution is 6.13. The highest BCUT2D eigenvalue weighted by atomic mass is 16.3. The third-order valence-corrected chi connectivity index (χ3v) is 7.33. The van der Waals surface area contributed by atoms with Crippen molar-refractivity contribution in [2.24, 2.45) is 0 Å². The van der Waals surface area contributed by atoms with Crippen LogP contribution < -0.4 is 0 Å². The fourth-order valence-corrected chi connectivity index (χ4v) is 5.23. The number of rotatable bonds is 4. The molecule has 10 aromatic rings. The summed E-state index contributed by atoms with van der Waals surface area (Å²) >= 11 is 0. The average molecular weight is 641 g/mol. The lowest BCUT2D eigenvalue weighted by molar-refractivity contribution is 0.668. The van der Waals surface area contributed by atoms with Crippen molar-refractivity contribution in [1.29, 1.82) is 0 Å². The van der Waals surface area contributed by atoms with E-state index in [1.165, 1.54) is 0 Å². The van der Waals surface area contributed by atoms with Gasteiger partial charge in [-0.25, -0.2) is 15.0 Å². The molecule has 0 amide bonds.